The molecule has 0 radical (unpaired) electrons. The van der Waals surface area contributed by atoms with Crippen LogP contribution in [0.1, 0.15) is 24.8 Å². The second-order valence-electron chi connectivity index (χ2n) is 9.24. The van der Waals surface area contributed by atoms with Crippen LogP contribution in [0.25, 0.3) is 5.69 Å². The first kappa shape index (κ1) is 21.1. The van der Waals surface area contributed by atoms with Gasteiger partial charge in [-0.15, -0.1) is 0 Å². The van der Waals surface area contributed by atoms with Crippen molar-refractivity contribution in [2.24, 2.45) is 5.92 Å². The third kappa shape index (κ3) is 4.13. The Morgan fingerprint density at radius 1 is 1.19 bits per heavy atom. The maximum atomic E-state index is 14.3. The van der Waals surface area contributed by atoms with Gasteiger partial charge in [0.1, 0.15) is 0 Å². The molecule has 3 aliphatic rings. The monoisotopic (exact) mass is 443 g/mol. The summed E-state index contributed by atoms with van der Waals surface area (Å²) in [6, 6.07) is 8.56. The van der Waals surface area contributed by atoms with Crippen molar-refractivity contribution in [3.63, 3.8) is 0 Å². The molecule has 1 atom stereocenters. The fraction of sp³-hybridized carbons (Fsp3) is 0.522. The Morgan fingerprint density at radius 3 is 2.59 bits per heavy atom. The highest BCUT2D eigenvalue weighted by molar-refractivity contribution is 5.83. The molecule has 0 bridgehead atoms. The Kier molecular flexibility index (Phi) is 5.23. The van der Waals surface area contributed by atoms with Gasteiger partial charge in [0, 0.05) is 56.8 Å². The van der Waals surface area contributed by atoms with Crippen LogP contribution in [-0.2, 0) is 16.1 Å². The molecule has 1 aromatic heterocycles. The van der Waals surface area contributed by atoms with Crippen molar-refractivity contribution in [3.05, 3.63) is 48.3 Å². The highest BCUT2D eigenvalue weighted by Crippen LogP contribution is 2.38. The first-order valence-corrected chi connectivity index (χ1v) is 11.1. The molecule has 1 aliphatic carbocycles. The highest BCUT2D eigenvalue weighted by Gasteiger charge is 2.53. The Balaban J connectivity index is 1.23. The van der Waals surface area contributed by atoms with Crippen LogP contribution >= 0.6 is 0 Å². The topological polar surface area (TPSA) is 61.7 Å². The van der Waals surface area contributed by atoms with Crippen molar-refractivity contribution in [2.75, 3.05) is 26.7 Å². The van der Waals surface area contributed by atoms with Crippen molar-refractivity contribution in [1.82, 2.24) is 24.5 Å². The summed E-state index contributed by atoms with van der Waals surface area (Å²) in [6.07, 6.45) is 4.90. The number of nitrogens with zero attached hydrogens (tertiary/aromatic N) is 5. The van der Waals surface area contributed by atoms with E-state index in [-0.39, 0.29) is 23.8 Å². The van der Waals surface area contributed by atoms with Crippen molar-refractivity contribution in [2.45, 2.75) is 43.8 Å². The van der Waals surface area contributed by atoms with Crippen LogP contribution in [0, 0.1) is 5.92 Å². The van der Waals surface area contributed by atoms with Gasteiger partial charge in [-0.1, -0.05) is 18.2 Å². The number of carbonyl (C=O) groups is 2. The van der Waals surface area contributed by atoms with Crippen LogP contribution in [0.5, 0.6) is 0 Å². The Labute approximate surface area is 185 Å². The van der Waals surface area contributed by atoms with Crippen LogP contribution in [0.3, 0.4) is 0 Å². The van der Waals surface area contributed by atoms with Crippen LogP contribution < -0.4 is 0 Å². The van der Waals surface area contributed by atoms with E-state index in [2.05, 4.69) is 5.10 Å². The second-order valence-corrected chi connectivity index (χ2v) is 9.24. The Hall–Kier alpha value is -2.81. The molecule has 0 N–H and O–H groups in total. The summed E-state index contributed by atoms with van der Waals surface area (Å²) in [7, 11) is 1.64. The molecular formula is C23H27F2N5O2. The minimum atomic E-state index is -2.90. The van der Waals surface area contributed by atoms with Crippen LogP contribution in [0.2, 0.25) is 0 Å². The zero-order chi connectivity index (χ0) is 22.5. The lowest BCUT2D eigenvalue weighted by Gasteiger charge is -2.46. The van der Waals surface area contributed by atoms with E-state index in [4.69, 9.17) is 0 Å². The lowest BCUT2D eigenvalue weighted by Crippen LogP contribution is -2.64. The SMILES string of the molecule is CN(Cc1cnn(-c2ccccc2)c1)C(=O)[C@@H]1CC(F)(F)CN1C1CN(C(=O)C2CC2)C1. The van der Waals surface area contributed by atoms with E-state index in [1.54, 1.807) is 27.7 Å². The average molecular weight is 443 g/mol. The Bertz CT molecular complexity index is 1000. The van der Waals surface area contributed by atoms with E-state index in [0.717, 1.165) is 24.1 Å². The molecule has 2 amide bonds. The van der Waals surface area contributed by atoms with Crippen molar-refractivity contribution >= 4 is 11.8 Å². The van der Waals surface area contributed by atoms with Gasteiger partial charge in [0.15, 0.2) is 0 Å². The minimum absolute atomic E-state index is 0.122. The fourth-order valence-electron chi connectivity index (χ4n) is 4.66. The summed E-state index contributed by atoms with van der Waals surface area (Å²) in [6.45, 7) is 0.726. The van der Waals surface area contributed by atoms with Crippen molar-refractivity contribution in [1.29, 1.82) is 0 Å². The molecule has 1 saturated carbocycles. The molecule has 2 saturated heterocycles. The number of para-hydroxylation sites is 1. The Morgan fingerprint density at radius 2 is 1.91 bits per heavy atom. The number of halogens is 2. The van der Waals surface area contributed by atoms with E-state index in [1.807, 2.05) is 36.5 Å². The number of carbonyl (C=O) groups excluding carboxylic acids is 2. The van der Waals surface area contributed by atoms with Gasteiger partial charge in [0.2, 0.25) is 11.8 Å². The molecule has 9 heteroatoms. The molecule has 170 valence electrons. The number of alkyl halides is 2. The summed E-state index contributed by atoms with van der Waals surface area (Å²) in [5, 5.41) is 4.34. The maximum Gasteiger partial charge on any atom is 0.262 e. The van der Waals surface area contributed by atoms with Crippen molar-refractivity contribution < 1.29 is 18.4 Å². The summed E-state index contributed by atoms with van der Waals surface area (Å²) in [5.41, 5.74) is 1.73. The standard InChI is InChI=1S/C23H27F2N5O2/c1-27(11-16-10-26-30(12-16)18-5-3-2-4-6-18)22(32)20-9-23(24,25)15-29(20)19-13-28(14-19)21(31)17-7-8-17/h2-6,10,12,17,19-20H,7-9,11,13-15H2,1H3/t20-/m0/s1. The van der Waals surface area contributed by atoms with Gasteiger partial charge >= 0.3 is 0 Å². The summed E-state index contributed by atoms with van der Waals surface area (Å²) >= 11 is 0. The van der Waals surface area contributed by atoms with E-state index >= 15 is 0 Å². The number of hydrogen-bond acceptors (Lipinski definition) is 4. The first-order chi connectivity index (χ1) is 15.3. The molecule has 3 fully saturated rings. The first-order valence-electron chi connectivity index (χ1n) is 11.1. The maximum absolute atomic E-state index is 14.3. The van der Waals surface area contributed by atoms with Crippen LogP contribution in [0.15, 0.2) is 42.7 Å². The summed E-state index contributed by atoms with van der Waals surface area (Å²) in [5.74, 6) is -2.97. The van der Waals surface area contributed by atoms with E-state index in [9.17, 15) is 18.4 Å². The van der Waals surface area contributed by atoms with Gasteiger partial charge in [0.25, 0.3) is 5.92 Å². The third-order valence-electron chi connectivity index (χ3n) is 6.61. The highest BCUT2D eigenvalue weighted by atomic mass is 19.3. The molecule has 7 nitrogen and oxygen atoms in total. The zero-order valence-electron chi connectivity index (χ0n) is 18.0. The lowest BCUT2D eigenvalue weighted by molar-refractivity contribution is -0.143. The van der Waals surface area contributed by atoms with Gasteiger partial charge in [-0.05, 0) is 25.0 Å². The molecule has 3 heterocycles. The molecule has 0 spiro atoms. The molecule has 2 aliphatic heterocycles. The average Bonchev–Trinajstić information content (AvgIpc) is 3.41. The lowest BCUT2D eigenvalue weighted by atomic mass is 10.0. The van der Waals surface area contributed by atoms with Gasteiger partial charge in [-0.25, -0.2) is 13.5 Å². The molecule has 32 heavy (non-hydrogen) atoms. The number of aromatic nitrogens is 2. The molecule has 2 aromatic rings. The van der Waals surface area contributed by atoms with Crippen LogP contribution in [0.4, 0.5) is 8.78 Å². The van der Waals surface area contributed by atoms with Gasteiger partial charge in [-0.3, -0.25) is 14.5 Å². The number of rotatable bonds is 6. The summed E-state index contributed by atoms with van der Waals surface area (Å²) < 4.78 is 30.3. The van der Waals surface area contributed by atoms with E-state index in [0.29, 0.717) is 19.6 Å². The second kappa shape index (κ2) is 7.95. The molecule has 1 aromatic carbocycles. The predicted molar refractivity (Wildman–Crippen MR) is 113 cm³/mol. The largest absolute Gasteiger partial charge is 0.340 e. The number of likely N-dealkylation sites (tertiary alicyclic amines) is 2. The quantitative estimate of drug-likeness (QED) is 0.687. The smallest absolute Gasteiger partial charge is 0.262 e. The predicted octanol–water partition coefficient (Wildman–Crippen LogP) is 2.16. The number of amides is 2. The normalized spacial score (nSPS) is 23.2. The van der Waals surface area contributed by atoms with E-state index in [1.165, 1.54) is 4.90 Å². The van der Waals surface area contributed by atoms with Gasteiger partial charge in [0.05, 0.1) is 24.5 Å². The third-order valence-corrected chi connectivity index (χ3v) is 6.61. The molecule has 5 rings (SSSR count). The van der Waals surface area contributed by atoms with Crippen LogP contribution in [-0.4, -0.2) is 81.0 Å². The molecular weight excluding hydrogens is 416 g/mol. The van der Waals surface area contributed by atoms with Gasteiger partial charge < -0.3 is 9.80 Å². The number of likely N-dealkylation sites (N-methyl/N-ethyl adjacent to an activating group) is 1. The van der Waals surface area contributed by atoms with E-state index < -0.39 is 24.9 Å². The zero-order valence-corrected chi connectivity index (χ0v) is 18.0. The van der Waals surface area contributed by atoms with Crippen molar-refractivity contribution in [3.8, 4) is 5.69 Å². The number of hydrogen-bond donors (Lipinski definition) is 0. The van der Waals surface area contributed by atoms with Gasteiger partial charge in [-0.2, -0.15) is 5.10 Å². The molecule has 0 unspecified atom stereocenters. The fourth-order valence-corrected chi connectivity index (χ4v) is 4.66. The number of benzene rings is 1. The minimum Gasteiger partial charge on any atom is -0.340 e. The summed E-state index contributed by atoms with van der Waals surface area (Å²) in [4.78, 5) is 30.2.